The van der Waals surface area contributed by atoms with Crippen LogP contribution in [0.4, 0.5) is 10.5 Å². The van der Waals surface area contributed by atoms with E-state index in [2.05, 4.69) is 5.32 Å². The lowest BCUT2D eigenvalue weighted by Crippen LogP contribution is -2.49. The summed E-state index contributed by atoms with van der Waals surface area (Å²) in [6.07, 6.45) is 2.38. The highest BCUT2D eigenvalue weighted by Gasteiger charge is 2.54. The van der Waals surface area contributed by atoms with Crippen LogP contribution in [0.1, 0.15) is 30.4 Å². The Kier molecular flexibility index (Phi) is 5.23. The third-order valence-electron chi connectivity index (χ3n) is 6.82. The number of nitrogens with one attached hydrogen (secondary N) is 1. The van der Waals surface area contributed by atoms with Gasteiger partial charge in [0.15, 0.2) is 9.84 Å². The molecule has 172 valence electrons. The fourth-order valence-corrected chi connectivity index (χ4v) is 6.99. The van der Waals surface area contributed by atoms with Crippen molar-refractivity contribution in [2.75, 3.05) is 23.0 Å². The number of anilines is 1. The van der Waals surface area contributed by atoms with Crippen LogP contribution in [0.5, 0.6) is 0 Å². The Balaban J connectivity index is 1.44. The number of imide groups is 1. The Morgan fingerprint density at radius 3 is 2.55 bits per heavy atom. The number of benzene rings is 2. The second-order valence-electron chi connectivity index (χ2n) is 8.89. The molecule has 8 nitrogen and oxygen atoms in total. The summed E-state index contributed by atoms with van der Waals surface area (Å²) < 4.78 is 24.2. The highest BCUT2D eigenvalue weighted by molar-refractivity contribution is 7.91. The van der Waals surface area contributed by atoms with Crippen molar-refractivity contribution in [2.45, 2.75) is 37.3 Å². The van der Waals surface area contributed by atoms with Gasteiger partial charge in [-0.25, -0.2) is 13.2 Å². The number of hydrogen-bond acceptors (Lipinski definition) is 5. The largest absolute Gasteiger partial charge is 0.325 e. The number of fused-ring (bicyclic) bond motifs is 2. The monoisotopic (exact) mass is 467 g/mol. The molecule has 0 aromatic heterocycles. The zero-order valence-electron chi connectivity index (χ0n) is 18.1. The second kappa shape index (κ2) is 7.98. The zero-order valence-corrected chi connectivity index (χ0v) is 18.9. The van der Waals surface area contributed by atoms with Crippen molar-refractivity contribution in [1.82, 2.24) is 10.2 Å². The van der Waals surface area contributed by atoms with Crippen molar-refractivity contribution >= 4 is 33.4 Å². The van der Waals surface area contributed by atoms with Crippen LogP contribution in [-0.4, -0.2) is 55.3 Å². The molecule has 2 heterocycles. The fraction of sp³-hybridized carbons (Fsp3) is 0.375. The molecule has 3 aliphatic rings. The van der Waals surface area contributed by atoms with E-state index in [4.69, 9.17) is 0 Å². The van der Waals surface area contributed by atoms with Crippen LogP contribution in [0.25, 0.3) is 0 Å². The van der Waals surface area contributed by atoms with Crippen LogP contribution in [0.2, 0.25) is 0 Å². The van der Waals surface area contributed by atoms with Crippen molar-refractivity contribution in [2.24, 2.45) is 0 Å². The van der Waals surface area contributed by atoms with Gasteiger partial charge >= 0.3 is 6.03 Å². The first-order valence-electron chi connectivity index (χ1n) is 11.1. The van der Waals surface area contributed by atoms with Gasteiger partial charge in [0.05, 0.1) is 17.5 Å². The topological polar surface area (TPSA) is 104 Å². The number of nitrogens with zero attached hydrogens (tertiary/aromatic N) is 2. The molecule has 0 radical (unpaired) electrons. The van der Waals surface area contributed by atoms with Crippen LogP contribution < -0.4 is 10.2 Å². The number of carbonyl (C=O) groups is 3. The molecule has 9 heteroatoms. The first-order chi connectivity index (χ1) is 15.8. The van der Waals surface area contributed by atoms with E-state index in [-0.39, 0.29) is 11.5 Å². The number of amides is 4. The second-order valence-corrected chi connectivity index (χ2v) is 11.1. The van der Waals surface area contributed by atoms with E-state index in [9.17, 15) is 22.8 Å². The van der Waals surface area contributed by atoms with Gasteiger partial charge < -0.3 is 10.2 Å². The Bertz CT molecular complexity index is 1230. The quantitative estimate of drug-likeness (QED) is 0.693. The maximum atomic E-state index is 13.6. The standard InChI is InChI=1S/C24H25N3O5S/c28-21(27(18-9-2-1-3-10-18)19-12-14-33(31,32)16-19)15-26-22(29)24(25-23(26)30)13-6-8-17-7-4-5-11-20(17)24/h1-5,7,9-11,19H,6,8,12-16H2,(H,25,30)/t19-,24+/m1/s1. The Morgan fingerprint density at radius 2 is 1.82 bits per heavy atom. The molecule has 1 spiro atoms. The van der Waals surface area contributed by atoms with Gasteiger partial charge in [0.2, 0.25) is 5.91 Å². The third kappa shape index (κ3) is 3.70. The van der Waals surface area contributed by atoms with E-state index in [0.29, 0.717) is 18.5 Å². The summed E-state index contributed by atoms with van der Waals surface area (Å²) in [5.41, 5.74) is 1.20. The molecule has 4 amide bonds. The van der Waals surface area contributed by atoms with Crippen LogP contribution in [0.3, 0.4) is 0 Å². The van der Waals surface area contributed by atoms with Gasteiger partial charge in [0.1, 0.15) is 12.1 Å². The van der Waals surface area contributed by atoms with Crippen molar-refractivity contribution in [3.63, 3.8) is 0 Å². The SMILES string of the molecule is O=C1N[C@]2(CCCc3ccccc32)C(=O)N1CC(=O)N(c1ccccc1)[C@@H]1CCS(=O)(=O)C1. The fourth-order valence-electron chi connectivity index (χ4n) is 5.29. The molecule has 2 aliphatic heterocycles. The summed E-state index contributed by atoms with van der Waals surface area (Å²) in [7, 11) is -3.24. The number of para-hydroxylation sites is 1. The van der Waals surface area contributed by atoms with Gasteiger partial charge in [0, 0.05) is 5.69 Å². The van der Waals surface area contributed by atoms with Gasteiger partial charge in [-0.1, -0.05) is 42.5 Å². The number of rotatable bonds is 4. The van der Waals surface area contributed by atoms with Gasteiger partial charge in [0.25, 0.3) is 5.91 Å². The van der Waals surface area contributed by atoms with Crippen LogP contribution in [0.15, 0.2) is 54.6 Å². The van der Waals surface area contributed by atoms with E-state index >= 15 is 0 Å². The molecular formula is C24H25N3O5S. The van der Waals surface area contributed by atoms with Crippen LogP contribution >= 0.6 is 0 Å². The maximum Gasteiger partial charge on any atom is 0.325 e. The number of carbonyl (C=O) groups excluding carboxylic acids is 3. The lowest BCUT2D eigenvalue weighted by molar-refractivity contribution is -0.135. The summed E-state index contributed by atoms with van der Waals surface area (Å²) >= 11 is 0. The Morgan fingerprint density at radius 1 is 1.09 bits per heavy atom. The lowest BCUT2D eigenvalue weighted by atomic mass is 9.76. The van der Waals surface area contributed by atoms with E-state index in [1.807, 2.05) is 24.3 Å². The molecule has 2 aromatic carbocycles. The van der Waals surface area contributed by atoms with Crippen molar-refractivity contribution in [1.29, 1.82) is 0 Å². The van der Waals surface area contributed by atoms with Crippen LogP contribution in [-0.2, 0) is 31.4 Å². The molecule has 2 atom stereocenters. The molecule has 1 aliphatic carbocycles. The molecule has 0 unspecified atom stereocenters. The molecule has 2 aromatic rings. The maximum absolute atomic E-state index is 13.6. The highest BCUT2D eigenvalue weighted by Crippen LogP contribution is 2.40. The minimum atomic E-state index is -3.24. The van der Waals surface area contributed by atoms with E-state index in [1.165, 1.54) is 4.90 Å². The average Bonchev–Trinajstić information content (AvgIpc) is 3.27. The van der Waals surface area contributed by atoms with Gasteiger partial charge in [-0.2, -0.15) is 0 Å². The van der Waals surface area contributed by atoms with Crippen molar-refractivity contribution in [3.05, 3.63) is 65.7 Å². The summed E-state index contributed by atoms with van der Waals surface area (Å²) in [5.74, 6) is -1.03. The van der Waals surface area contributed by atoms with E-state index < -0.39 is 45.8 Å². The first kappa shape index (κ1) is 21.6. The normalized spacial score (nSPS) is 25.7. The Labute approximate surface area is 192 Å². The minimum absolute atomic E-state index is 0.0112. The van der Waals surface area contributed by atoms with E-state index in [0.717, 1.165) is 28.9 Å². The molecule has 5 rings (SSSR count). The lowest BCUT2D eigenvalue weighted by Gasteiger charge is -2.33. The zero-order chi connectivity index (χ0) is 23.2. The summed E-state index contributed by atoms with van der Waals surface area (Å²) in [6.45, 7) is -0.444. The smallest absolute Gasteiger partial charge is 0.319 e. The first-order valence-corrected chi connectivity index (χ1v) is 12.9. The number of hydrogen-bond donors (Lipinski definition) is 1. The predicted octanol–water partition coefficient (Wildman–Crippen LogP) is 1.99. The molecule has 33 heavy (non-hydrogen) atoms. The minimum Gasteiger partial charge on any atom is -0.319 e. The van der Waals surface area contributed by atoms with Gasteiger partial charge in [-0.3, -0.25) is 14.5 Å². The summed E-state index contributed by atoms with van der Waals surface area (Å²) in [4.78, 5) is 42.3. The number of sulfone groups is 1. The predicted molar refractivity (Wildman–Crippen MR) is 122 cm³/mol. The molecule has 0 bridgehead atoms. The van der Waals surface area contributed by atoms with Crippen LogP contribution in [0, 0.1) is 0 Å². The molecule has 2 fully saturated rings. The highest BCUT2D eigenvalue weighted by atomic mass is 32.2. The van der Waals surface area contributed by atoms with Gasteiger partial charge in [-0.15, -0.1) is 0 Å². The molecular weight excluding hydrogens is 442 g/mol. The van der Waals surface area contributed by atoms with Crippen molar-refractivity contribution < 1.29 is 22.8 Å². The van der Waals surface area contributed by atoms with E-state index in [1.54, 1.807) is 30.3 Å². The average molecular weight is 468 g/mol. The molecule has 1 N–H and O–H groups in total. The number of aryl methyl sites for hydroxylation is 1. The molecule has 0 saturated carbocycles. The summed E-state index contributed by atoms with van der Waals surface area (Å²) in [5, 5.41) is 2.86. The summed E-state index contributed by atoms with van der Waals surface area (Å²) in [6, 6.07) is 15.2. The van der Waals surface area contributed by atoms with Gasteiger partial charge in [-0.05, 0) is 48.9 Å². The third-order valence-corrected chi connectivity index (χ3v) is 8.57. The number of urea groups is 1. The van der Waals surface area contributed by atoms with Crippen molar-refractivity contribution in [3.8, 4) is 0 Å². The Hall–Kier alpha value is -3.20. The molecule has 2 saturated heterocycles.